The highest BCUT2D eigenvalue weighted by atomic mass is 15.2. The van der Waals surface area contributed by atoms with Crippen LogP contribution >= 0.6 is 0 Å². The Morgan fingerprint density at radius 3 is 2.05 bits per heavy atom. The van der Waals surface area contributed by atoms with Crippen molar-refractivity contribution in [2.45, 2.75) is 77.7 Å². The summed E-state index contributed by atoms with van der Waals surface area (Å²) in [5.41, 5.74) is 3.81. The van der Waals surface area contributed by atoms with E-state index in [1.807, 2.05) is 0 Å². The number of nitrogens with one attached hydrogen (secondary N) is 1. The van der Waals surface area contributed by atoms with Crippen molar-refractivity contribution in [3.8, 4) is 0 Å². The summed E-state index contributed by atoms with van der Waals surface area (Å²) in [7, 11) is 0. The van der Waals surface area contributed by atoms with Gasteiger partial charge in [-0.05, 0) is 80.5 Å². The molecule has 0 aromatic carbocycles. The fourth-order valence-corrected chi connectivity index (χ4v) is 5.93. The van der Waals surface area contributed by atoms with Crippen molar-refractivity contribution in [1.29, 1.82) is 0 Å². The molecule has 3 N–H and O–H groups in total. The van der Waals surface area contributed by atoms with Crippen LogP contribution in [-0.4, -0.2) is 6.04 Å². The minimum atomic E-state index is 0.547. The summed E-state index contributed by atoms with van der Waals surface area (Å²) in [5, 5.41) is 0. The zero-order chi connectivity index (χ0) is 13.5. The van der Waals surface area contributed by atoms with E-state index in [0.29, 0.717) is 11.5 Å². The van der Waals surface area contributed by atoms with Gasteiger partial charge in [0.1, 0.15) is 0 Å². The van der Waals surface area contributed by atoms with Crippen LogP contribution in [0.5, 0.6) is 0 Å². The normalized spacial score (nSPS) is 43.4. The van der Waals surface area contributed by atoms with Crippen molar-refractivity contribution in [3.63, 3.8) is 0 Å². The van der Waals surface area contributed by atoms with Gasteiger partial charge in [-0.3, -0.25) is 11.3 Å². The molecule has 2 nitrogen and oxygen atoms in total. The van der Waals surface area contributed by atoms with E-state index in [1.54, 1.807) is 19.3 Å². The molecule has 4 aliphatic rings. The first-order valence-electron chi connectivity index (χ1n) is 8.58. The minimum Gasteiger partial charge on any atom is -0.271 e. The molecule has 19 heavy (non-hydrogen) atoms. The highest BCUT2D eigenvalue weighted by molar-refractivity contribution is 5.02. The summed E-state index contributed by atoms with van der Waals surface area (Å²) in [6, 6.07) is 0.547. The highest BCUT2D eigenvalue weighted by Gasteiger charge is 2.51. The van der Waals surface area contributed by atoms with Crippen molar-refractivity contribution in [3.05, 3.63) is 0 Å². The first-order valence-corrected chi connectivity index (χ1v) is 8.58. The molecule has 0 amide bonds. The van der Waals surface area contributed by atoms with Crippen LogP contribution < -0.4 is 11.3 Å². The van der Waals surface area contributed by atoms with Crippen LogP contribution in [-0.2, 0) is 0 Å². The number of nitrogens with two attached hydrogens (primary N) is 1. The lowest BCUT2D eigenvalue weighted by atomic mass is 9.48. The Bertz CT molecular complexity index is 277. The molecule has 0 aromatic heterocycles. The molecule has 0 aromatic rings. The first-order chi connectivity index (χ1) is 9.12. The van der Waals surface area contributed by atoms with Gasteiger partial charge < -0.3 is 0 Å². The topological polar surface area (TPSA) is 38.0 Å². The maximum atomic E-state index is 5.86. The lowest BCUT2D eigenvalue weighted by Gasteiger charge is -2.57. The summed E-state index contributed by atoms with van der Waals surface area (Å²) >= 11 is 0. The molecule has 2 atom stereocenters. The van der Waals surface area contributed by atoms with E-state index in [0.717, 1.165) is 23.7 Å². The van der Waals surface area contributed by atoms with Gasteiger partial charge in [0.05, 0.1) is 0 Å². The Labute approximate surface area is 118 Å². The molecule has 0 radical (unpaired) electrons. The van der Waals surface area contributed by atoms with E-state index in [9.17, 15) is 0 Å². The van der Waals surface area contributed by atoms with E-state index in [-0.39, 0.29) is 0 Å². The molecule has 4 aliphatic carbocycles. The first kappa shape index (κ1) is 13.9. The Morgan fingerprint density at radius 2 is 1.63 bits per heavy atom. The molecule has 4 bridgehead atoms. The van der Waals surface area contributed by atoms with Crippen molar-refractivity contribution >= 4 is 0 Å². The molecule has 0 heterocycles. The molecule has 4 fully saturated rings. The lowest BCUT2D eigenvalue weighted by Crippen LogP contribution is -2.50. The second-order valence-corrected chi connectivity index (χ2v) is 8.23. The van der Waals surface area contributed by atoms with Gasteiger partial charge in [0.15, 0.2) is 0 Å². The van der Waals surface area contributed by atoms with Gasteiger partial charge >= 0.3 is 0 Å². The average molecular weight is 264 g/mol. The zero-order valence-corrected chi connectivity index (χ0v) is 12.8. The number of hydrogen-bond acceptors (Lipinski definition) is 2. The van der Waals surface area contributed by atoms with Gasteiger partial charge in [-0.15, -0.1) is 0 Å². The van der Waals surface area contributed by atoms with Gasteiger partial charge in [0, 0.05) is 6.04 Å². The molecular formula is C17H32N2. The fourth-order valence-electron chi connectivity index (χ4n) is 5.93. The average Bonchev–Trinajstić information content (AvgIpc) is 2.35. The monoisotopic (exact) mass is 264 g/mol. The Balaban J connectivity index is 1.64. The molecule has 2 unspecified atom stereocenters. The van der Waals surface area contributed by atoms with E-state index >= 15 is 0 Å². The number of hydrogen-bond donors (Lipinski definition) is 2. The molecular weight excluding hydrogens is 232 g/mol. The van der Waals surface area contributed by atoms with Crippen LogP contribution in [0.3, 0.4) is 0 Å². The largest absolute Gasteiger partial charge is 0.271 e. The summed E-state index contributed by atoms with van der Waals surface area (Å²) in [6.45, 7) is 4.66. The standard InChI is InChI=1S/C17H32N2/c1-3-12(2)4-16(19-18)11-17-8-13-5-14(9-17)7-15(6-13)10-17/h12-16,19H,3-11,18H2,1-2H3. The summed E-state index contributed by atoms with van der Waals surface area (Å²) < 4.78 is 0. The van der Waals surface area contributed by atoms with Gasteiger partial charge in [-0.1, -0.05) is 20.3 Å². The second-order valence-electron chi connectivity index (χ2n) is 8.23. The summed E-state index contributed by atoms with van der Waals surface area (Å²) in [4.78, 5) is 0. The molecule has 110 valence electrons. The minimum absolute atomic E-state index is 0.547. The van der Waals surface area contributed by atoms with E-state index in [1.165, 1.54) is 38.5 Å². The van der Waals surface area contributed by atoms with Gasteiger partial charge in [0.2, 0.25) is 0 Å². The highest BCUT2D eigenvalue weighted by Crippen LogP contribution is 2.61. The molecule has 2 heteroatoms. The van der Waals surface area contributed by atoms with Crippen LogP contribution in [0.4, 0.5) is 0 Å². The van der Waals surface area contributed by atoms with Gasteiger partial charge in [-0.2, -0.15) is 0 Å². The third-order valence-electron chi connectivity index (χ3n) is 6.46. The maximum absolute atomic E-state index is 5.86. The molecule has 0 spiro atoms. The number of rotatable bonds is 6. The number of hydrazine groups is 1. The van der Waals surface area contributed by atoms with Gasteiger partial charge in [-0.25, -0.2) is 0 Å². The van der Waals surface area contributed by atoms with E-state index in [4.69, 9.17) is 5.84 Å². The van der Waals surface area contributed by atoms with Crippen LogP contribution in [0.2, 0.25) is 0 Å². The predicted octanol–water partition coefficient (Wildman–Crippen LogP) is 3.86. The van der Waals surface area contributed by atoms with E-state index < -0.39 is 0 Å². The zero-order valence-electron chi connectivity index (χ0n) is 12.8. The maximum Gasteiger partial charge on any atom is 0.0218 e. The Morgan fingerprint density at radius 1 is 1.11 bits per heavy atom. The Hall–Kier alpha value is -0.0800. The molecule has 0 saturated heterocycles. The molecule has 0 aliphatic heterocycles. The summed E-state index contributed by atoms with van der Waals surface area (Å²) in [6.07, 6.45) is 13.1. The van der Waals surface area contributed by atoms with Crippen LogP contribution in [0.1, 0.15) is 71.6 Å². The SMILES string of the molecule is CCC(C)CC(CC12CC3CC(CC(C3)C1)C2)NN. The fraction of sp³-hybridized carbons (Fsp3) is 1.00. The van der Waals surface area contributed by atoms with Gasteiger partial charge in [0.25, 0.3) is 0 Å². The van der Waals surface area contributed by atoms with Crippen LogP contribution in [0.15, 0.2) is 0 Å². The predicted molar refractivity (Wildman–Crippen MR) is 80.4 cm³/mol. The van der Waals surface area contributed by atoms with Crippen LogP contribution in [0.25, 0.3) is 0 Å². The quantitative estimate of drug-likeness (QED) is 0.565. The molecule has 4 rings (SSSR count). The second kappa shape index (κ2) is 5.37. The van der Waals surface area contributed by atoms with Crippen molar-refractivity contribution < 1.29 is 0 Å². The molecule has 4 saturated carbocycles. The third-order valence-corrected chi connectivity index (χ3v) is 6.46. The Kier molecular flexibility index (Phi) is 3.92. The lowest BCUT2D eigenvalue weighted by molar-refractivity contribution is -0.0629. The van der Waals surface area contributed by atoms with Crippen molar-refractivity contribution in [2.75, 3.05) is 0 Å². The summed E-state index contributed by atoms with van der Waals surface area (Å²) in [5.74, 6) is 9.85. The van der Waals surface area contributed by atoms with Crippen LogP contribution in [0, 0.1) is 29.1 Å². The van der Waals surface area contributed by atoms with Crippen molar-refractivity contribution in [1.82, 2.24) is 5.43 Å². The smallest absolute Gasteiger partial charge is 0.0218 e. The van der Waals surface area contributed by atoms with E-state index in [2.05, 4.69) is 19.3 Å². The third kappa shape index (κ3) is 2.85. The van der Waals surface area contributed by atoms with Crippen molar-refractivity contribution in [2.24, 2.45) is 34.9 Å².